The van der Waals surface area contributed by atoms with Crippen molar-refractivity contribution >= 4 is 6.21 Å². The van der Waals surface area contributed by atoms with Crippen LogP contribution in [0.4, 0.5) is 0 Å². The van der Waals surface area contributed by atoms with Gasteiger partial charge < -0.3 is 0 Å². The van der Waals surface area contributed by atoms with Crippen LogP contribution in [0.3, 0.4) is 0 Å². The molecule has 1 heteroatoms. The third-order valence-corrected chi connectivity index (χ3v) is 0.630. The van der Waals surface area contributed by atoms with E-state index in [4.69, 9.17) is 5.41 Å². The van der Waals surface area contributed by atoms with Crippen LogP contribution in [0.15, 0.2) is 11.6 Å². The van der Waals surface area contributed by atoms with Crippen molar-refractivity contribution in [3.63, 3.8) is 0 Å². The molecule has 0 atom stereocenters. The standard InChI is InChI=1S/C5H8N/c1-3-5(2)4-6/h3,6H,1-2H3/b5-3+,6-4?. The largest absolute Gasteiger partial charge is 0.298 e. The van der Waals surface area contributed by atoms with Gasteiger partial charge in [-0.2, -0.15) is 0 Å². The average Bonchev–Trinajstić information content (AvgIpc) is 1.65. The smallest absolute Gasteiger partial charge is 0.0817 e. The first kappa shape index (κ1) is 5.41. The third-order valence-electron chi connectivity index (χ3n) is 0.630. The monoisotopic (exact) mass is 82.1 g/mol. The van der Waals surface area contributed by atoms with Crippen molar-refractivity contribution in [2.24, 2.45) is 0 Å². The highest BCUT2D eigenvalue weighted by molar-refractivity contribution is 5.74. The lowest BCUT2D eigenvalue weighted by atomic mass is 10.3. The Hall–Kier alpha value is -0.590. The van der Waals surface area contributed by atoms with Gasteiger partial charge in [-0.3, -0.25) is 5.41 Å². The number of allylic oxidation sites excluding steroid dienone is 2. The molecule has 1 radical (unpaired) electrons. The van der Waals surface area contributed by atoms with E-state index in [1.165, 1.54) is 0 Å². The van der Waals surface area contributed by atoms with Gasteiger partial charge in [-0.25, -0.2) is 0 Å². The lowest BCUT2D eigenvalue weighted by Crippen LogP contribution is -1.68. The van der Waals surface area contributed by atoms with E-state index in [-0.39, 0.29) is 0 Å². The summed E-state index contributed by atoms with van der Waals surface area (Å²) in [6, 6.07) is 0. The Morgan fingerprint density at radius 2 is 2.33 bits per heavy atom. The molecule has 0 heterocycles. The first-order valence-corrected chi connectivity index (χ1v) is 1.87. The minimum atomic E-state index is 0.884. The van der Waals surface area contributed by atoms with Gasteiger partial charge in [-0.05, 0) is 19.4 Å². The van der Waals surface area contributed by atoms with Crippen molar-refractivity contribution in [3.05, 3.63) is 11.6 Å². The summed E-state index contributed by atoms with van der Waals surface area (Å²) in [5.74, 6) is 0. The Bertz CT molecular complexity index is 72.0. The summed E-state index contributed by atoms with van der Waals surface area (Å²) >= 11 is 0. The Labute approximate surface area is 38.2 Å². The van der Waals surface area contributed by atoms with E-state index in [1.54, 1.807) is 0 Å². The molecule has 6 heavy (non-hydrogen) atoms. The highest BCUT2D eigenvalue weighted by atomic mass is 14.3. The SMILES string of the molecule is C/C=C(\C)[C]=N. The molecular weight excluding hydrogens is 74.1 g/mol. The Kier molecular flexibility index (Phi) is 2.38. The summed E-state index contributed by atoms with van der Waals surface area (Å²) in [4.78, 5) is 0. The van der Waals surface area contributed by atoms with Gasteiger partial charge in [-0.15, -0.1) is 0 Å². The molecule has 0 aromatic carbocycles. The van der Waals surface area contributed by atoms with Gasteiger partial charge in [0, 0.05) is 0 Å². The van der Waals surface area contributed by atoms with Crippen LogP contribution in [0.2, 0.25) is 0 Å². The number of nitrogens with one attached hydrogen (secondary N) is 1. The summed E-state index contributed by atoms with van der Waals surface area (Å²) in [7, 11) is 0. The second-order valence-corrected chi connectivity index (χ2v) is 1.10. The lowest BCUT2D eigenvalue weighted by molar-refractivity contribution is 1.48. The van der Waals surface area contributed by atoms with Gasteiger partial charge in [0.2, 0.25) is 0 Å². The number of hydrogen-bond donors (Lipinski definition) is 1. The predicted molar refractivity (Wildman–Crippen MR) is 27.2 cm³/mol. The van der Waals surface area contributed by atoms with E-state index in [2.05, 4.69) is 6.21 Å². The van der Waals surface area contributed by atoms with Gasteiger partial charge in [-0.1, -0.05) is 6.08 Å². The van der Waals surface area contributed by atoms with E-state index < -0.39 is 0 Å². The van der Waals surface area contributed by atoms with E-state index in [0.29, 0.717) is 0 Å². The normalized spacial score (nSPS) is 11.3. The molecule has 0 saturated heterocycles. The zero-order chi connectivity index (χ0) is 4.99. The van der Waals surface area contributed by atoms with E-state index >= 15 is 0 Å². The minimum absolute atomic E-state index is 0.884. The molecule has 0 spiro atoms. The van der Waals surface area contributed by atoms with Crippen LogP contribution in [-0.2, 0) is 0 Å². The molecule has 0 aliphatic carbocycles. The summed E-state index contributed by atoms with van der Waals surface area (Å²) in [5, 5.41) is 6.49. The Morgan fingerprint density at radius 3 is 2.33 bits per heavy atom. The fraction of sp³-hybridized carbons (Fsp3) is 0.400. The zero-order valence-electron chi connectivity index (χ0n) is 4.08. The van der Waals surface area contributed by atoms with Gasteiger partial charge in [0.25, 0.3) is 0 Å². The molecule has 0 unspecified atom stereocenters. The van der Waals surface area contributed by atoms with Crippen molar-refractivity contribution in [2.45, 2.75) is 13.8 Å². The van der Waals surface area contributed by atoms with Crippen LogP contribution in [-0.4, -0.2) is 6.21 Å². The van der Waals surface area contributed by atoms with Crippen molar-refractivity contribution in [1.82, 2.24) is 0 Å². The lowest BCUT2D eigenvalue weighted by Gasteiger charge is -1.75. The van der Waals surface area contributed by atoms with Gasteiger partial charge in [0.15, 0.2) is 0 Å². The molecule has 0 bridgehead atoms. The molecule has 0 fully saturated rings. The molecular formula is C5H8N. The van der Waals surface area contributed by atoms with E-state index in [0.717, 1.165) is 5.57 Å². The van der Waals surface area contributed by atoms with Gasteiger partial charge >= 0.3 is 0 Å². The fourth-order valence-electron chi connectivity index (χ4n) is 0.0722. The fourth-order valence-corrected chi connectivity index (χ4v) is 0.0722. The maximum Gasteiger partial charge on any atom is 0.0817 e. The molecule has 1 nitrogen and oxygen atoms in total. The molecule has 0 rings (SSSR count). The Balaban J connectivity index is 3.50. The highest BCUT2D eigenvalue weighted by Crippen LogP contribution is 1.80. The van der Waals surface area contributed by atoms with Crippen LogP contribution >= 0.6 is 0 Å². The summed E-state index contributed by atoms with van der Waals surface area (Å²) in [5.41, 5.74) is 0.884. The average molecular weight is 82.1 g/mol. The van der Waals surface area contributed by atoms with Gasteiger partial charge in [0.05, 0.1) is 6.21 Å². The molecule has 0 saturated carbocycles. The Morgan fingerprint density at radius 1 is 1.83 bits per heavy atom. The van der Waals surface area contributed by atoms with Crippen LogP contribution in [0.5, 0.6) is 0 Å². The third kappa shape index (κ3) is 1.70. The molecule has 0 aliphatic heterocycles. The zero-order valence-corrected chi connectivity index (χ0v) is 4.08. The van der Waals surface area contributed by atoms with E-state index in [9.17, 15) is 0 Å². The molecule has 33 valence electrons. The molecule has 0 aromatic rings. The number of rotatable bonds is 1. The quantitative estimate of drug-likeness (QED) is 0.463. The maximum absolute atomic E-state index is 6.49. The first-order chi connectivity index (χ1) is 2.81. The second kappa shape index (κ2) is 2.64. The summed E-state index contributed by atoms with van der Waals surface area (Å²) in [6.07, 6.45) is 4.07. The molecule has 1 N–H and O–H groups in total. The van der Waals surface area contributed by atoms with Crippen LogP contribution in [0.25, 0.3) is 0 Å². The van der Waals surface area contributed by atoms with Crippen LogP contribution < -0.4 is 0 Å². The topological polar surface area (TPSA) is 23.9 Å². The predicted octanol–water partition coefficient (Wildman–Crippen LogP) is 1.48. The van der Waals surface area contributed by atoms with Crippen molar-refractivity contribution in [2.75, 3.05) is 0 Å². The van der Waals surface area contributed by atoms with E-state index in [1.807, 2.05) is 19.9 Å². The molecule has 0 aromatic heterocycles. The second-order valence-electron chi connectivity index (χ2n) is 1.10. The van der Waals surface area contributed by atoms with Crippen LogP contribution in [0.1, 0.15) is 13.8 Å². The minimum Gasteiger partial charge on any atom is -0.298 e. The van der Waals surface area contributed by atoms with Gasteiger partial charge in [0.1, 0.15) is 0 Å². The maximum atomic E-state index is 6.49. The number of hydrogen-bond acceptors (Lipinski definition) is 1. The first-order valence-electron chi connectivity index (χ1n) is 1.87. The van der Waals surface area contributed by atoms with Crippen molar-refractivity contribution in [3.8, 4) is 0 Å². The molecule has 0 amide bonds. The molecule has 0 aliphatic rings. The van der Waals surface area contributed by atoms with Crippen LogP contribution in [0, 0.1) is 5.41 Å². The highest BCUT2D eigenvalue weighted by Gasteiger charge is 1.70. The van der Waals surface area contributed by atoms with Crippen molar-refractivity contribution < 1.29 is 0 Å². The summed E-state index contributed by atoms with van der Waals surface area (Å²) in [6.45, 7) is 3.73. The van der Waals surface area contributed by atoms with Crippen molar-refractivity contribution in [1.29, 1.82) is 5.41 Å². The summed E-state index contributed by atoms with van der Waals surface area (Å²) < 4.78 is 0.